The summed E-state index contributed by atoms with van der Waals surface area (Å²) >= 11 is 0. The van der Waals surface area contributed by atoms with Crippen LogP contribution in [0.1, 0.15) is 19.4 Å². The summed E-state index contributed by atoms with van der Waals surface area (Å²) < 4.78 is 0. The molecule has 5 heteroatoms. The zero-order valence-electron chi connectivity index (χ0n) is 10.8. The van der Waals surface area contributed by atoms with E-state index in [1.165, 1.54) is 11.9 Å². The van der Waals surface area contributed by atoms with Crippen LogP contribution in [-0.4, -0.2) is 40.0 Å². The summed E-state index contributed by atoms with van der Waals surface area (Å²) in [4.78, 5) is 28.3. The van der Waals surface area contributed by atoms with E-state index in [9.17, 15) is 9.59 Å². The summed E-state index contributed by atoms with van der Waals surface area (Å²) in [6.07, 6.45) is 3.41. The van der Waals surface area contributed by atoms with Gasteiger partial charge in [0.1, 0.15) is 6.04 Å². The summed E-state index contributed by atoms with van der Waals surface area (Å²) in [5, 5.41) is 9.12. The summed E-state index contributed by atoms with van der Waals surface area (Å²) in [6, 6.07) is 2.75. The molecule has 1 rings (SSSR count). The van der Waals surface area contributed by atoms with Gasteiger partial charge in [0.15, 0.2) is 0 Å². The maximum Gasteiger partial charge on any atom is 0.326 e. The van der Waals surface area contributed by atoms with Crippen molar-refractivity contribution in [3.05, 3.63) is 30.1 Å². The van der Waals surface area contributed by atoms with Gasteiger partial charge in [0.05, 0.1) is 6.42 Å². The Bertz CT molecular complexity index is 418. The predicted octanol–water partition coefficient (Wildman–Crippen LogP) is 1.19. The molecule has 0 spiro atoms. The molecule has 1 heterocycles. The van der Waals surface area contributed by atoms with Gasteiger partial charge in [0.2, 0.25) is 5.91 Å². The van der Waals surface area contributed by atoms with E-state index in [4.69, 9.17) is 5.11 Å². The van der Waals surface area contributed by atoms with Gasteiger partial charge in [-0.25, -0.2) is 4.79 Å². The van der Waals surface area contributed by atoms with Gasteiger partial charge >= 0.3 is 5.97 Å². The van der Waals surface area contributed by atoms with Gasteiger partial charge in [-0.2, -0.15) is 0 Å². The van der Waals surface area contributed by atoms with Crippen LogP contribution in [0.25, 0.3) is 0 Å². The minimum atomic E-state index is -0.980. The number of aromatic nitrogens is 1. The fourth-order valence-electron chi connectivity index (χ4n) is 1.86. The molecule has 0 aliphatic carbocycles. The largest absolute Gasteiger partial charge is 0.480 e. The van der Waals surface area contributed by atoms with Crippen molar-refractivity contribution in [2.45, 2.75) is 26.3 Å². The molecule has 0 fully saturated rings. The second kappa shape index (κ2) is 6.14. The molecule has 0 radical (unpaired) electrons. The van der Waals surface area contributed by atoms with Gasteiger partial charge in [-0.3, -0.25) is 9.78 Å². The van der Waals surface area contributed by atoms with Crippen molar-refractivity contribution in [1.82, 2.24) is 9.88 Å². The quantitative estimate of drug-likeness (QED) is 0.852. The van der Waals surface area contributed by atoms with Crippen LogP contribution >= 0.6 is 0 Å². The SMILES string of the molecule is CC(C)C(C(=O)O)N(C)C(=O)Cc1cccnc1. The van der Waals surface area contributed by atoms with Crippen molar-refractivity contribution in [3.8, 4) is 0 Å². The van der Waals surface area contributed by atoms with Crippen LogP contribution in [-0.2, 0) is 16.0 Å². The Balaban J connectivity index is 2.74. The van der Waals surface area contributed by atoms with E-state index < -0.39 is 12.0 Å². The van der Waals surface area contributed by atoms with E-state index in [1.54, 1.807) is 38.4 Å². The number of hydrogen-bond donors (Lipinski definition) is 1. The third kappa shape index (κ3) is 3.55. The lowest BCUT2D eigenvalue weighted by atomic mass is 10.0. The predicted molar refractivity (Wildman–Crippen MR) is 67.0 cm³/mol. The molecule has 1 aromatic rings. The molecular formula is C13H18N2O3. The van der Waals surface area contributed by atoms with Crippen LogP contribution in [0.3, 0.4) is 0 Å². The second-order valence-electron chi connectivity index (χ2n) is 4.57. The molecule has 1 atom stereocenters. The number of rotatable bonds is 5. The lowest BCUT2D eigenvalue weighted by molar-refractivity contribution is -0.150. The molecular weight excluding hydrogens is 232 g/mol. The van der Waals surface area contributed by atoms with Gasteiger partial charge in [0, 0.05) is 19.4 Å². The average molecular weight is 250 g/mol. The number of aliphatic carboxylic acids is 1. The highest BCUT2D eigenvalue weighted by Gasteiger charge is 2.29. The Morgan fingerprint density at radius 2 is 2.11 bits per heavy atom. The van der Waals surface area contributed by atoms with Crippen LogP contribution in [0.4, 0.5) is 0 Å². The van der Waals surface area contributed by atoms with Crippen molar-refractivity contribution >= 4 is 11.9 Å². The van der Waals surface area contributed by atoms with Gasteiger partial charge in [0.25, 0.3) is 0 Å². The van der Waals surface area contributed by atoms with Gasteiger partial charge in [-0.15, -0.1) is 0 Å². The van der Waals surface area contributed by atoms with Crippen LogP contribution in [0.15, 0.2) is 24.5 Å². The number of carbonyl (C=O) groups excluding carboxylic acids is 1. The normalized spacial score (nSPS) is 12.2. The molecule has 1 aromatic heterocycles. The smallest absolute Gasteiger partial charge is 0.326 e. The van der Waals surface area contributed by atoms with Crippen molar-refractivity contribution in [1.29, 1.82) is 0 Å². The molecule has 1 amide bonds. The topological polar surface area (TPSA) is 70.5 Å². The summed E-state index contributed by atoms with van der Waals surface area (Å²) in [5.74, 6) is -1.33. The number of pyridine rings is 1. The van der Waals surface area contributed by atoms with Gasteiger partial charge in [-0.1, -0.05) is 19.9 Å². The first-order valence-corrected chi connectivity index (χ1v) is 5.81. The summed E-state index contributed by atoms with van der Waals surface area (Å²) in [6.45, 7) is 3.57. The van der Waals surface area contributed by atoms with Gasteiger partial charge < -0.3 is 10.0 Å². The first kappa shape index (κ1) is 14.2. The number of carboxylic acid groups (broad SMARTS) is 1. The van der Waals surface area contributed by atoms with Crippen LogP contribution < -0.4 is 0 Å². The minimum Gasteiger partial charge on any atom is -0.480 e. The molecule has 1 unspecified atom stereocenters. The Kier molecular flexibility index (Phi) is 4.83. The molecule has 18 heavy (non-hydrogen) atoms. The summed E-state index contributed by atoms with van der Waals surface area (Å²) in [7, 11) is 1.53. The first-order valence-electron chi connectivity index (χ1n) is 5.81. The average Bonchev–Trinajstić information content (AvgIpc) is 2.29. The van der Waals surface area contributed by atoms with Crippen LogP contribution in [0.5, 0.6) is 0 Å². The van der Waals surface area contributed by atoms with Crippen LogP contribution in [0, 0.1) is 5.92 Å². The molecule has 0 aromatic carbocycles. The maximum absolute atomic E-state index is 12.0. The van der Waals surface area contributed by atoms with E-state index in [0.717, 1.165) is 5.56 Å². The van der Waals surface area contributed by atoms with Crippen molar-refractivity contribution in [2.24, 2.45) is 5.92 Å². The number of likely N-dealkylation sites (N-methyl/N-ethyl adjacent to an activating group) is 1. The third-order valence-electron chi connectivity index (χ3n) is 2.77. The number of carbonyl (C=O) groups is 2. The highest BCUT2D eigenvalue weighted by atomic mass is 16.4. The van der Waals surface area contributed by atoms with Crippen molar-refractivity contribution < 1.29 is 14.7 Å². The number of carboxylic acids is 1. The second-order valence-corrected chi connectivity index (χ2v) is 4.57. The lowest BCUT2D eigenvalue weighted by Crippen LogP contribution is -2.46. The summed E-state index contributed by atoms with van der Waals surface area (Å²) in [5.41, 5.74) is 0.780. The molecule has 0 aliphatic heterocycles. The van der Waals surface area contributed by atoms with E-state index in [1.807, 2.05) is 0 Å². The van der Waals surface area contributed by atoms with E-state index in [0.29, 0.717) is 0 Å². The van der Waals surface area contributed by atoms with Gasteiger partial charge in [-0.05, 0) is 17.5 Å². The van der Waals surface area contributed by atoms with Crippen molar-refractivity contribution in [2.75, 3.05) is 7.05 Å². The standard InChI is InChI=1S/C13H18N2O3/c1-9(2)12(13(17)18)15(3)11(16)7-10-5-4-6-14-8-10/h4-6,8-9,12H,7H2,1-3H3,(H,17,18). The Labute approximate surface area is 106 Å². The molecule has 0 saturated carbocycles. The lowest BCUT2D eigenvalue weighted by Gasteiger charge is -2.27. The fraction of sp³-hybridized carbons (Fsp3) is 0.462. The van der Waals surface area contributed by atoms with E-state index in [-0.39, 0.29) is 18.2 Å². The molecule has 5 nitrogen and oxygen atoms in total. The molecule has 98 valence electrons. The number of hydrogen-bond acceptors (Lipinski definition) is 3. The zero-order valence-corrected chi connectivity index (χ0v) is 10.8. The number of amides is 1. The molecule has 1 N–H and O–H groups in total. The Hall–Kier alpha value is -1.91. The molecule has 0 bridgehead atoms. The molecule has 0 aliphatic rings. The van der Waals surface area contributed by atoms with Crippen molar-refractivity contribution in [3.63, 3.8) is 0 Å². The fourth-order valence-corrected chi connectivity index (χ4v) is 1.86. The van der Waals surface area contributed by atoms with E-state index >= 15 is 0 Å². The zero-order chi connectivity index (χ0) is 13.7. The molecule has 0 saturated heterocycles. The Morgan fingerprint density at radius 1 is 1.44 bits per heavy atom. The Morgan fingerprint density at radius 3 is 2.56 bits per heavy atom. The first-order chi connectivity index (χ1) is 8.43. The minimum absolute atomic E-state index is 0.134. The van der Waals surface area contributed by atoms with Crippen LogP contribution in [0.2, 0.25) is 0 Å². The maximum atomic E-state index is 12.0. The third-order valence-corrected chi connectivity index (χ3v) is 2.77. The highest BCUT2D eigenvalue weighted by molar-refractivity contribution is 5.84. The number of nitrogens with zero attached hydrogens (tertiary/aromatic N) is 2. The van der Waals surface area contributed by atoms with E-state index in [2.05, 4.69) is 4.98 Å². The monoisotopic (exact) mass is 250 g/mol. The highest BCUT2D eigenvalue weighted by Crippen LogP contribution is 2.11.